The van der Waals surface area contributed by atoms with E-state index in [1.54, 1.807) is 13.2 Å². The van der Waals surface area contributed by atoms with Crippen molar-refractivity contribution < 1.29 is 4.74 Å². The minimum absolute atomic E-state index is 0.293. The average molecular weight is 344 g/mol. The van der Waals surface area contributed by atoms with Gasteiger partial charge in [-0.05, 0) is 48.1 Å². The predicted octanol–water partition coefficient (Wildman–Crippen LogP) is 5.64. The van der Waals surface area contributed by atoms with Gasteiger partial charge in [0, 0.05) is 15.9 Å². The molecule has 0 radical (unpaired) electrons. The third-order valence-corrected chi connectivity index (χ3v) is 4.47. The number of para-hydroxylation sites is 1. The monoisotopic (exact) mass is 342 g/mol. The molecule has 0 heterocycles. The number of alkyl halides is 1. The molecule has 1 nitrogen and oxygen atoms in total. The Kier molecular flexibility index (Phi) is 6.22. The number of halogens is 3. The maximum Gasteiger partial charge on any atom is 0.122 e. The summed E-state index contributed by atoms with van der Waals surface area (Å²) >= 11 is 18.3. The number of hydrogen-bond acceptors (Lipinski definition) is 1. The number of methoxy groups -OCH3 is 1. The quantitative estimate of drug-likeness (QED) is 0.616. The van der Waals surface area contributed by atoms with Crippen LogP contribution < -0.4 is 4.74 Å². The standard InChI is InChI=1S/C17H17Cl3O/c1-21-17-5-3-2-4-14(17)9-12(11-18)8-13-6-7-15(19)10-16(13)20/h2-7,10,12H,8-9,11H2,1H3. The first kappa shape index (κ1) is 16.5. The molecule has 0 bridgehead atoms. The largest absolute Gasteiger partial charge is 0.496 e. The van der Waals surface area contributed by atoms with Crippen molar-refractivity contribution in [1.82, 2.24) is 0 Å². The number of benzene rings is 2. The highest BCUT2D eigenvalue weighted by molar-refractivity contribution is 6.35. The molecule has 0 aromatic heterocycles. The summed E-state index contributed by atoms with van der Waals surface area (Å²) in [5.74, 6) is 1.76. The lowest BCUT2D eigenvalue weighted by molar-refractivity contribution is 0.405. The van der Waals surface area contributed by atoms with Crippen LogP contribution in [0.1, 0.15) is 11.1 Å². The molecule has 0 aliphatic heterocycles. The highest BCUT2D eigenvalue weighted by Crippen LogP contribution is 2.27. The zero-order chi connectivity index (χ0) is 15.2. The number of ether oxygens (including phenoxy) is 1. The van der Waals surface area contributed by atoms with Gasteiger partial charge in [-0.1, -0.05) is 47.5 Å². The van der Waals surface area contributed by atoms with Crippen molar-refractivity contribution in [2.45, 2.75) is 12.8 Å². The van der Waals surface area contributed by atoms with Crippen molar-refractivity contribution in [3.05, 3.63) is 63.6 Å². The van der Waals surface area contributed by atoms with Crippen LogP contribution in [0.15, 0.2) is 42.5 Å². The highest BCUT2D eigenvalue weighted by Gasteiger charge is 2.14. The molecular weight excluding hydrogens is 327 g/mol. The van der Waals surface area contributed by atoms with Crippen molar-refractivity contribution in [1.29, 1.82) is 0 Å². The number of rotatable bonds is 6. The van der Waals surface area contributed by atoms with Gasteiger partial charge >= 0.3 is 0 Å². The van der Waals surface area contributed by atoms with E-state index in [2.05, 4.69) is 6.07 Å². The zero-order valence-electron chi connectivity index (χ0n) is 11.8. The molecule has 4 heteroatoms. The Bertz CT molecular complexity index is 598. The second-order valence-corrected chi connectivity index (χ2v) is 6.13. The third-order valence-electron chi connectivity index (χ3n) is 3.44. The smallest absolute Gasteiger partial charge is 0.122 e. The van der Waals surface area contributed by atoms with Crippen LogP contribution in [0.5, 0.6) is 5.75 Å². The molecule has 2 aromatic carbocycles. The van der Waals surface area contributed by atoms with Crippen LogP contribution in [0.25, 0.3) is 0 Å². The molecule has 112 valence electrons. The van der Waals surface area contributed by atoms with Crippen LogP contribution in [-0.4, -0.2) is 13.0 Å². The van der Waals surface area contributed by atoms with Crippen LogP contribution in [0.4, 0.5) is 0 Å². The molecule has 0 saturated carbocycles. The Morgan fingerprint density at radius 3 is 2.38 bits per heavy atom. The van der Waals surface area contributed by atoms with Gasteiger partial charge < -0.3 is 4.74 Å². The van der Waals surface area contributed by atoms with E-state index in [1.807, 2.05) is 30.3 Å². The summed E-state index contributed by atoms with van der Waals surface area (Å²) in [7, 11) is 1.69. The van der Waals surface area contributed by atoms with Crippen LogP contribution in [0.3, 0.4) is 0 Å². The van der Waals surface area contributed by atoms with Gasteiger partial charge in [0.1, 0.15) is 5.75 Å². The Hall–Kier alpha value is -0.890. The van der Waals surface area contributed by atoms with Gasteiger partial charge in [-0.2, -0.15) is 0 Å². The van der Waals surface area contributed by atoms with Gasteiger partial charge in [0.25, 0.3) is 0 Å². The average Bonchev–Trinajstić information content (AvgIpc) is 2.49. The maximum atomic E-state index is 6.24. The molecule has 21 heavy (non-hydrogen) atoms. The first-order chi connectivity index (χ1) is 10.1. The van der Waals surface area contributed by atoms with Crippen molar-refractivity contribution in [3.63, 3.8) is 0 Å². The summed E-state index contributed by atoms with van der Waals surface area (Å²) < 4.78 is 5.39. The molecule has 0 N–H and O–H groups in total. The Morgan fingerprint density at radius 1 is 1.00 bits per heavy atom. The van der Waals surface area contributed by atoms with E-state index in [-0.39, 0.29) is 0 Å². The van der Waals surface area contributed by atoms with Crippen LogP contribution in [0.2, 0.25) is 10.0 Å². The Balaban J connectivity index is 2.13. The van der Waals surface area contributed by atoms with Gasteiger partial charge in [0.05, 0.1) is 7.11 Å². The van der Waals surface area contributed by atoms with Gasteiger partial charge in [0.15, 0.2) is 0 Å². The van der Waals surface area contributed by atoms with Gasteiger partial charge in [0.2, 0.25) is 0 Å². The summed E-state index contributed by atoms with van der Waals surface area (Å²) in [5.41, 5.74) is 2.23. The predicted molar refractivity (Wildman–Crippen MR) is 91.1 cm³/mol. The van der Waals surface area contributed by atoms with Crippen LogP contribution >= 0.6 is 34.8 Å². The lowest BCUT2D eigenvalue weighted by Gasteiger charge is -2.17. The minimum Gasteiger partial charge on any atom is -0.496 e. The molecule has 0 fully saturated rings. The molecule has 0 aliphatic carbocycles. The van der Waals surface area contributed by atoms with Gasteiger partial charge in [-0.15, -0.1) is 11.6 Å². The first-order valence-corrected chi connectivity index (χ1v) is 8.05. The molecule has 2 rings (SSSR count). The fourth-order valence-corrected chi connectivity index (χ4v) is 3.07. The topological polar surface area (TPSA) is 9.23 Å². The fourth-order valence-electron chi connectivity index (χ4n) is 2.36. The van der Waals surface area contributed by atoms with Gasteiger partial charge in [-0.25, -0.2) is 0 Å². The van der Waals surface area contributed by atoms with Crippen LogP contribution in [0, 0.1) is 5.92 Å². The summed E-state index contributed by atoms with van der Waals surface area (Å²) in [4.78, 5) is 0. The van der Waals surface area contributed by atoms with E-state index in [9.17, 15) is 0 Å². The molecule has 0 saturated heterocycles. The van der Waals surface area contributed by atoms with Crippen molar-refractivity contribution in [3.8, 4) is 5.75 Å². The lowest BCUT2D eigenvalue weighted by atomic mass is 9.93. The molecule has 0 spiro atoms. The third kappa shape index (κ3) is 4.54. The second-order valence-electron chi connectivity index (χ2n) is 4.98. The molecule has 2 aromatic rings. The van der Waals surface area contributed by atoms with Crippen LogP contribution in [-0.2, 0) is 12.8 Å². The van der Waals surface area contributed by atoms with Crippen molar-refractivity contribution >= 4 is 34.8 Å². The number of hydrogen-bond donors (Lipinski definition) is 0. The normalized spacial score (nSPS) is 12.2. The molecule has 0 amide bonds. The Labute approximate surface area is 140 Å². The van der Waals surface area contributed by atoms with E-state index < -0.39 is 0 Å². The molecule has 0 aliphatic rings. The van der Waals surface area contributed by atoms with E-state index in [0.29, 0.717) is 21.8 Å². The summed E-state index contributed by atoms with van der Waals surface area (Å²) in [6.45, 7) is 0. The molecular formula is C17H17Cl3O. The van der Waals surface area contributed by atoms with E-state index in [1.165, 1.54) is 0 Å². The highest BCUT2D eigenvalue weighted by atomic mass is 35.5. The van der Waals surface area contributed by atoms with Crippen molar-refractivity contribution in [2.75, 3.05) is 13.0 Å². The van der Waals surface area contributed by atoms with Crippen molar-refractivity contribution in [2.24, 2.45) is 5.92 Å². The summed E-state index contributed by atoms with van der Waals surface area (Å²) in [6, 6.07) is 13.6. The van der Waals surface area contributed by atoms with E-state index >= 15 is 0 Å². The van der Waals surface area contributed by atoms with E-state index in [4.69, 9.17) is 39.5 Å². The molecule has 1 atom stereocenters. The summed E-state index contributed by atoms with van der Waals surface area (Å²) in [5, 5.41) is 1.34. The zero-order valence-corrected chi connectivity index (χ0v) is 14.1. The molecule has 1 unspecified atom stereocenters. The summed E-state index contributed by atoms with van der Waals surface area (Å²) in [6.07, 6.45) is 1.67. The second kappa shape index (κ2) is 7.93. The fraction of sp³-hybridized carbons (Fsp3) is 0.294. The Morgan fingerprint density at radius 2 is 1.71 bits per heavy atom. The van der Waals surface area contributed by atoms with E-state index in [0.717, 1.165) is 29.7 Å². The minimum atomic E-state index is 0.293. The van der Waals surface area contributed by atoms with Gasteiger partial charge in [-0.3, -0.25) is 0 Å². The maximum absolute atomic E-state index is 6.24. The lowest BCUT2D eigenvalue weighted by Crippen LogP contribution is -2.11. The first-order valence-electron chi connectivity index (χ1n) is 6.75. The SMILES string of the molecule is COc1ccccc1CC(CCl)Cc1ccc(Cl)cc1Cl.